The highest BCUT2D eigenvalue weighted by atomic mass is 127. The van der Waals surface area contributed by atoms with Crippen LogP contribution >= 0.6 is 35.7 Å². The minimum Gasteiger partial charge on any atom is -0.355 e. The number of pyridine rings is 1. The zero-order valence-corrected chi connectivity index (χ0v) is 16.8. The van der Waals surface area contributed by atoms with Crippen molar-refractivity contribution in [1.29, 1.82) is 0 Å². The fourth-order valence-corrected chi connectivity index (χ4v) is 3.72. The highest BCUT2D eigenvalue weighted by Crippen LogP contribution is 2.25. The van der Waals surface area contributed by atoms with Gasteiger partial charge in [0.25, 0.3) is 0 Å². The second kappa shape index (κ2) is 9.87. The van der Waals surface area contributed by atoms with E-state index in [4.69, 9.17) is 0 Å². The lowest BCUT2D eigenvalue weighted by Gasteiger charge is -2.15. The first-order chi connectivity index (χ1) is 11.3. The Kier molecular flexibility index (Phi) is 7.83. The molecule has 3 heterocycles. The third-order valence-electron chi connectivity index (χ3n) is 3.75. The third kappa shape index (κ3) is 5.37. The third-order valence-corrected chi connectivity index (χ3v) is 5.15. The highest BCUT2D eigenvalue weighted by molar-refractivity contribution is 14.0. The van der Waals surface area contributed by atoms with Gasteiger partial charge in [-0.1, -0.05) is 0 Å². The van der Waals surface area contributed by atoms with Crippen LogP contribution in [-0.4, -0.2) is 45.3 Å². The molecule has 24 heavy (non-hydrogen) atoms. The van der Waals surface area contributed by atoms with E-state index in [1.165, 1.54) is 18.6 Å². The Morgan fingerprint density at radius 1 is 1.42 bits per heavy atom. The van der Waals surface area contributed by atoms with Crippen molar-refractivity contribution in [3.63, 3.8) is 0 Å². The molecule has 2 aromatic rings. The summed E-state index contributed by atoms with van der Waals surface area (Å²) in [5, 5.41) is 11.7. The van der Waals surface area contributed by atoms with Gasteiger partial charge in [0, 0.05) is 44.0 Å². The van der Waals surface area contributed by atoms with E-state index >= 15 is 0 Å². The molecule has 0 amide bonds. The standard InChI is InChI=1S/C16H22N6S.HI/c1-17-16(20-12-14-4-2-9-23-14)19-11-13-5-7-18-15(10-13)22-8-3-6-21-22;/h3,5-8,10,14H,2,4,9,11-12H2,1H3,(H2,17,19,20);1H. The first-order valence-electron chi connectivity index (χ1n) is 7.86. The highest BCUT2D eigenvalue weighted by Gasteiger charge is 2.15. The van der Waals surface area contributed by atoms with Crippen molar-refractivity contribution in [2.45, 2.75) is 24.6 Å². The smallest absolute Gasteiger partial charge is 0.191 e. The Morgan fingerprint density at radius 3 is 3.04 bits per heavy atom. The van der Waals surface area contributed by atoms with Gasteiger partial charge in [-0.3, -0.25) is 4.99 Å². The lowest BCUT2D eigenvalue weighted by Crippen LogP contribution is -2.39. The SMILES string of the molecule is CN=C(NCc1ccnc(-n2cccn2)c1)NCC1CCCS1.I. The van der Waals surface area contributed by atoms with Crippen LogP contribution in [0.1, 0.15) is 18.4 Å². The van der Waals surface area contributed by atoms with E-state index in [0.29, 0.717) is 11.8 Å². The van der Waals surface area contributed by atoms with Crippen LogP contribution in [0.4, 0.5) is 0 Å². The molecule has 0 aromatic carbocycles. The first-order valence-corrected chi connectivity index (χ1v) is 8.91. The average molecular weight is 458 g/mol. The van der Waals surface area contributed by atoms with Crippen molar-refractivity contribution in [3.05, 3.63) is 42.4 Å². The maximum atomic E-state index is 4.34. The average Bonchev–Trinajstić information content (AvgIpc) is 3.29. The lowest BCUT2D eigenvalue weighted by atomic mass is 10.2. The minimum absolute atomic E-state index is 0. The van der Waals surface area contributed by atoms with Crippen LogP contribution in [0.25, 0.3) is 5.82 Å². The van der Waals surface area contributed by atoms with Gasteiger partial charge in [0.05, 0.1) is 0 Å². The summed E-state index contributed by atoms with van der Waals surface area (Å²) in [5.41, 5.74) is 1.14. The van der Waals surface area contributed by atoms with Crippen LogP contribution in [0.2, 0.25) is 0 Å². The number of halogens is 1. The number of aromatic nitrogens is 3. The van der Waals surface area contributed by atoms with Gasteiger partial charge in [-0.25, -0.2) is 9.67 Å². The molecule has 2 N–H and O–H groups in total. The largest absolute Gasteiger partial charge is 0.355 e. The molecule has 6 nitrogen and oxygen atoms in total. The molecule has 1 saturated heterocycles. The molecule has 1 aliphatic rings. The summed E-state index contributed by atoms with van der Waals surface area (Å²) >= 11 is 2.05. The van der Waals surface area contributed by atoms with E-state index < -0.39 is 0 Å². The van der Waals surface area contributed by atoms with E-state index in [-0.39, 0.29) is 24.0 Å². The van der Waals surface area contributed by atoms with E-state index in [2.05, 4.69) is 25.7 Å². The fraction of sp³-hybridized carbons (Fsp3) is 0.438. The maximum Gasteiger partial charge on any atom is 0.191 e. The summed E-state index contributed by atoms with van der Waals surface area (Å²) in [5.74, 6) is 2.94. The Bertz CT molecular complexity index is 640. The molecule has 1 unspecified atom stereocenters. The number of guanidine groups is 1. The molecule has 8 heteroatoms. The van der Waals surface area contributed by atoms with Crippen LogP contribution in [0, 0.1) is 0 Å². The van der Waals surface area contributed by atoms with Crippen LogP contribution in [0.5, 0.6) is 0 Å². The lowest BCUT2D eigenvalue weighted by molar-refractivity contribution is 0.725. The van der Waals surface area contributed by atoms with E-state index in [9.17, 15) is 0 Å². The van der Waals surface area contributed by atoms with Crippen molar-refractivity contribution >= 4 is 41.7 Å². The first kappa shape index (κ1) is 19.0. The second-order valence-electron chi connectivity index (χ2n) is 5.41. The van der Waals surface area contributed by atoms with Gasteiger partial charge in [-0.05, 0) is 42.4 Å². The predicted molar refractivity (Wildman–Crippen MR) is 110 cm³/mol. The van der Waals surface area contributed by atoms with Crippen molar-refractivity contribution in [2.75, 3.05) is 19.3 Å². The molecule has 0 saturated carbocycles. The van der Waals surface area contributed by atoms with Crippen molar-refractivity contribution in [2.24, 2.45) is 4.99 Å². The number of hydrogen-bond acceptors (Lipinski definition) is 4. The molecule has 0 radical (unpaired) electrons. The Balaban J connectivity index is 0.00000208. The molecule has 0 bridgehead atoms. The molecule has 0 spiro atoms. The summed E-state index contributed by atoms with van der Waals surface area (Å²) in [6.07, 6.45) is 8.07. The molecule has 130 valence electrons. The van der Waals surface area contributed by atoms with Crippen molar-refractivity contribution in [1.82, 2.24) is 25.4 Å². The summed E-state index contributed by atoms with van der Waals surface area (Å²) in [7, 11) is 1.80. The topological polar surface area (TPSA) is 67.1 Å². The van der Waals surface area contributed by atoms with Crippen molar-refractivity contribution < 1.29 is 0 Å². The van der Waals surface area contributed by atoms with E-state index in [0.717, 1.165) is 23.9 Å². The Labute approximate surface area is 163 Å². The van der Waals surface area contributed by atoms with Gasteiger partial charge in [-0.2, -0.15) is 16.9 Å². The van der Waals surface area contributed by atoms with Gasteiger partial charge in [0.2, 0.25) is 0 Å². The summed E-state index contributed by atoms with van der Waals surface area (Å²) in [4.78, 5) is 8.63. The zero-order valence-electron chi connectivity index (χ0n) is 13.7. The van der Waals surface area contributed by atoms with Crippen molar-refractivity contribution in [3.8, 4) is 5.82 Å². The van der Waals surface area contributed by atoms with Gasteiger partial charge in [0.1, 0.15) is 0 Å². The van der Waals surface area contributed by atoms with Gasteiger partial charge in [0.15, 0.2) is 11.8 Å². The number of rotatable bonds is 5. The second-order valence-corrected chi connectivity index (χ2v) is 6.82. The molecular weight excluding hydrogens is 435 g/mol. The summed E-state index contributed by atoms with van der Waals surface area (Å²) < 4.78 is 1.76. The predicted octanol–water partition coefficient (Wildman–Crippen LogP) is 2.45. The number of aliphatic imine (C=N–C) groups is 1. The molecule has 1 atom stereocenters. The van der Waals surface area contributed by atoms with E-state index in [1.807, 2.05) is 36.2 Å². The van der Waals surface area contributed by atoms with Gasteiger partial charge in [-0.15, -0.1) is 24.0 Å². The number of hydrogen-bond donors (Lipinski definition) is 2. The molecule has 1 aliphatic heterocycles. The van der Waals surface area contributed by atoms with Crippen LogP contribution < -0.4 is 10.6 Å². The van der Waals surface area contributed by atoms with Crippen LogP contribution in [-0.2, 0) is 6.54 Å². The molecular formula is C16H23IN6S. The van der Waals surface area contributed by atoms with Crippen LogP contribution in [0.3, 0.4) is 0 Å². The number of thioether (sulfide) groups is 1. The normalized spacial score (nSPS) is 17.4. The monoisotopic (exact) mass is 458 g/mol. The fourth-order valence-electron chi connectivity index (χ4n) is 2.52. The summed E-state index contributed by atoms with van der Waals surface area (Å²) in [6, 6.07) is 5.92. The molecule has 1 fully saturated rings. The summed E-state index contributed by atoms with van der Waals surface area (Å²) in [6.45, 7) is 1.67. The maximum absolute atomic E-state index is 4.34. The minimum atomic E-state index is 0. The molecule has 0 aliphatic carbocycles. The number of nitrogens with zero attached hydrogens (tertiary/aromatic N) is 4. The van der Waals surface area contributed by atoms with Crippen LogP contribution in [0.15, 0.2) is 41.8 Å². The molecule has 2 aromatic heterocycles. The molecule has 3 rings (SSSR count). The quantitative estimate of drug-likeness (QED) is 0.410. The zero-order chi connectivity index (χ0) is 15.9. The number of nitrogens with one attached hydrogen (secondary N) is 2. The van der Waals surface area contributed by atoms with Gasteiger partial charge < -0.3 is 10.6 Å². The Hall–Kier alpha value is -1.29. The Morgan fingerprint density at radius 2 is 2.33 bits per heavy atom. The van der Waals surface area contributed by atoms with E-state index in [1.54, 1.807) is 24.1 Å². The van der Waals surface area contributed by atoms with Gasteiger partial charge >= 0.3 is 0 Å².